The van der Waals surface area contributed by atoms with E-state index in [0.29, 0.717) is 12.2 Å². The normalized spacial score (nSPS) is 21.9. The summed E-state index contributed by atoms with van der Waals surface area (Å²) in [4.78, 5) is 14.4. The van der Waals surface area contributed by atoms with Crippen molar-refractivity contribution >= 4 is 11.7 Å². The molecule has 1 N–H and O–H groups in total. The van der Waals surface area contributed by atoms with E-state index in [4.69, 9.17) is 4.74 Å². The molecule has 2 heterocycles. The van der Waals surface area contributed by atoms with E-state index in [1.165, 1.54) is 0 Å². The summed E-state index contributed by atoms with van der Waals surface area (Å²) < 4.78 is 7.07. The van der Waals surface area contributed by atoms with Gasteiger partial charge in [-0.1, -0.05) is 18.2 Å². The SMILES string of the molecule is CO[C@H]1C[C@@H](C(=O)Nc2ccn(-c3ccccc3)n2)N(C)C1. The first-order valence-electron chi connectivity index (χ1n) is 7.32. The van der Waals surface area contributed by atoms with Gasteiger partial charge in [0, 0.05) is 25.9 Å². The Morgan fingerprint density at radius 1 is 1.32 bits per heavy atom. The fourth-order valence-electron chi connectivity index (χ4n) is 2.75. The first kappa shape index (κ1) is 14.7. The van der Waals surface area contributed by atoms with E-state index in [0.717, 1.165) is 12.2 Å². The van der Waals surface area contributed by atoms with E-state index < -0.39 is 0 Å². The second-order valence-electron chi connectivity index (χ2n) is 5.52. The number of likely N-dealkylation sites (N-methyl/N-ethyl adjacent to an activating group) is 1. The third kappa shape index (κ3) is 3.03. The average molecular weight is 300 g/mol. The number of anilines is 1. The van der Waals surface area contributed by atoms with Crippen LogP contribution in [0.15, 0.2) is 42.6 Å². The summed E-state index contributed by atoms with van der Waals surface area (Å²) in [6.45, 7) is 0.771. The summed E-state index contributed by atoms with van der Waals surface area (Å²) in [6.07, 6.45) is 2.65. The van der Waals surface area contributed by atoms with Gasteiger partial charge in [0.25, 0.3) is 0 Å². The Labute approximate surface area is 129 Å². The molecule has 6 heteroatoms. The molecule has 1 amide bonds. The summed E-state index contributed by atoms with van der Waals surface area (Å²) in [5.41, 5.74) is 0.959. The molecular formula is C16H20N4O2. The van der Waals surface area contributed by atoms with Crippen LogP contribution < -0.4 is 5.32 Å². The summed E-state index contributed by atoms with van der Waals surface area (Å²) in [6, 6.07) is 11.4. The molecule has 1 aliphatic heterocycles. The molecular weight excluding hydrogens is 280 g/mol. The van der Waals surface area contributed by atoms with Crippen molar-refractivity contribution < 1.29 is 9.53 Å². The van der Waals surface area contributed by atoms with E-state index in [2.05, 4.69) is 10.4 Å². The maximum Gasteiger partial charge on any atom is 0.243 e. The molecule has 1 fully saturated rings. The van der Waals surface area contributed by atoms with Crippen LogP contribution in [0.4, 0.5) is 5.82 Å². The Kier molecular flexibility index (Phi) is 4.22. The van der Waals surface area contributed by atoms with Crippen LogP contribution in [0.2, 0.25) is 0 Å². The zero-order valence-corrected chi connectivity index (χ0v) is 12.8. The zero-order valence-electron chi connectivity index (χ0n) is 12.8. The fraction of sp³-hybridized carbons (Fsp3) is 0.375. The van der Waals surface area contributed by atoms with Crippen LogP contribution in [-0.2, 0) is 9.53 Å². The van der Waals surface area contributed by atoms with Crippen molar-refractivity contribution in [3.05, 3.63) is 42.6 Å². The third-order valence-corrected chi connectivity index (χ3v) is 4.01. The van der Waals surface area contributed by atoms with E-state index in [-0.39, 0.29) is 18.1 Å². The van der Waals surface area contributed by atoms with Gasteiger partial charge in [-0.15, -0.1) is 0 Å². The minimum absolute atomic E-state index is 0.0413. The van der Waals surface area contributed by atoms with Crippen LogP contribution in [0.1, 0.15) is 6.42 Å². The molecule has 6 nitrogen and oxygen atoms in total. The van der Waals surface area contributed by atoms with Gasteiger partial charge in [-0.05, 0) is 25.6 Å². The number of para-hydroxylation sites is 1. The zero-order chi connectivity index (χ0) is 15.5. The van der Waals surface area contributed by atoms with Crippen molar-refractivity contribution in [2.24, 2.45) is 0 Å². The van der Waals surface area contributed by atoms with Crippen molar-refractivity contribution in [3.63, 3.8) is 0 Å². The number of nitrogens with one attached hydrogen (secondary N) is 1. The minimum atomic E-state index is -0.174. The molecule has 116 valence electrons. The number of benzene rings is 1. The number of amides is 1. The Morgan fingerprint density at radius 3 is 2.77 bits per heavy atom. The smallest absolute Gasteiger partial charge is 0.243 e. The number of carbonyl (C=O) groups is 1. The highest BCUT2D eigenvalue weighted by Crippen LogP contribution is 2.19. The van der Waals surface area contributed by atoms with Gasteiger partial charge < -0.3 is 10.1 Å². The van der Waals surface area contributed by atoms with Gasteiger partial charge in [0.2, 0.25) is 5.91 Å². The minimum Gasteiger partial charge on any atom is -0.380 e. The first-order valence-corrected chi connectivity index (χ1v) is 7.32. The number of rotatable bonds is 4. The number of nitrogens with zero attached hydrogens (tertiary/aromatic N) is 3. The highest BCUT2D eigenvalue weighted by molar-refractivity contribution is 5.94. The van der Waals surface area contributed by atoms with Gasteiger partial charge >= 0.3 is 0 Å². The third-order valence-electron chi connectivity index (χ3n) is 4.01. The number of methoxy groups -OCH3 is 1. The molecule has 1 saturated heterocycles. The predicted octanol–water partition coefficient (Wildman–Crippen LogP) is 1.53. The lowest BCUT2D eigenvalue weighted by molar-refractivity contribution is -0.120. The van der Waals surface area contributed by atoms with Crippen LogP contribution in [-0.4, -0.2) is 53.4 Å². The second kappa shape index (κ2) is 6.29. The van der Waals surface area contributed by atoms with E-state index in [9.17, 15) is 4.79 Å². The molecule has 0 aliphatic carbocycles. The lowest BCUT2D eigenvalue weighted by Crippen LogP contribution is -2.37. The number of hydrogen-bond donors (Lipinski definition) is 1. The quantitative estimate of drug-likeness (QED) is 0.930. The maximum atomic E-state index is 12.4. The van der Waals surface area contributed by atoms with Crippen molar-refractivity contribution in [2.75, 3.05) is 26.0 Å². The van der Waals surface area contributed by atoms with Crippen LogP contribution in [0.3, 0.4) is 0 Å². The molecule has 0 unspecified atom stereocenters. The Bertz CT molecular complexity index is 641. The second-order valence-corrected chi connectivity index (χ2v) is 5.52. The van der Waals surface area contributed by atoms with E-state index in [1.807, 2.05) is 48.5 Å². The van der Waals surface area contributed by atoms with Crippen LogP contribution >= 0.6 is 0 Å². The Morgan fingerprint density at radius 2 is 2.09 bits per heavy atom. The number of hydrogen-bond acceptors (Lipinski definition) is 4. The van der Waals surface area contributed by atoms with Crippen LogP contribution in [0.25, 0.3) is 5.69 Å². The molecule has 0 radical (unpaired) electrons. The highest BCUT2D eigenvalue weighted by atomic mass is 16.5. The van der Waals surface area contributed by atoms with Crippen molar-refractivity contribution in [3.8, 4) is 5.69 Å². The van der Waals surface area contributed by atoms with Gasteiger partial charge in [-0.25, -0.2) is 4.68 Å². The van der Waals surface area contributed by atoms with Crippen molar-refractivity contribution in [2.45, 2.75) is 18.6 Å². The summed E-state index contributed by atoms with van der Waals surface area (Å²) in [7, 11) is 3.62. The molecule has 22 heavy (non-hydrogen) atoms. The van der Waals surface area contributed by atoms with Gasteiger partial charge in [-0.3, -0.25) is 9.69 Å². The lowest BCUT2D eigenvalue weighted by Gasteiger charge is -2.17. The number of likely N-dealkylation sites (tertiary alicyclic amines) is 1. The largest absolute Gasteiger partial charge is 0.380 e. The first-order chi connectivity index (χ1) is 10.7. The highest BCUT2D eigenvalue weighted by Gasteiger charge is 2.34. The Hall–Kier alpha value is -2.18. The van der Waals surface area contributed by atoms with Gasteiger partial charge in [0.05, 0.1) is 17.8 Å². The average Bonchev–Trinajstić information content (AvgIpc) is 3.14. The van der Waals surface area contributed by atoms with E-state index >= 15 is 0 Å². The molecule has 0 spiro atoms. The summed E-state index contributed by atoms with van der Waals surface area (Å²) >= 11 is 0. The topological polar surface area (TPSA) is 59.4 Å². The molecule has 2 aromatic rings. The van der Waals surface area contributed by atoms with E-state index in [1.54, 1.807) is 17.9 Å². The molecule has 0 saturated carbocycles. The summed E-state index contributed by atoms with van der Waals surface area (Å²) in [5, 5.41) is 7.27. The molecule has 1 aliphatic rings. The monoisotopic (exact) mass is 300 g/mol. The van der Waals surface area contributed by atoms with Gasteiger partial charge in [0.15, 0.2) is 5.82 Å². The molecule has 2 atom stereocenters. The van der Waals surface area contributed by atoms with Crippen LogP contribution in [0, 0.1) is 0 Å². The number of carbonyl (C=O) groups excluding carboxylic acids is 1. The standard InChI is InChI=1S/C16H20N4O2/c1-19-11-13(22-2)10-14(19)16(21)17-15-8-9-20(18-15)12-6-4-3-5-7-12/h3-9,13-14H,10-11H2,1-2H3,(H,17,18,21)/t13-,14-/m0/s1. The maximum absolute atomic E-state index is 12.4. The number of aromatic nitrogens is 2. The summed E-state index contributed by atoms with van der Waals surface area (Å²) in [5.74, 6) is 0.517. The fourth-order valence-corrected chi connectivity index (χ4v) is 2.75. The molecule has 1 aromatic carbocycles. The van der Waals surface area contributed by atoms with Crippen molar-refractivity contribution in [1.82, 2.24) is 14.7 Å². The predicted molar refractivity (Wildman–Crippen MR) is 84.0 cm³/mol. The van der Waals surface area contributed by atoms with Gasteiger partial charge in [0.1, 0.15) is 0 Å². The Balaban J connectivity index is 1.67. The molecule has 3 rings (SSSR count). The molecule has 0 bridgehead atoms. The lowest BCUT2D eigenvalue weighted by atomic mass is 10.2. The number of ether oxygens (including phenoxy) is 1. The van der Waals surface area contributed by atoms with Crippen LogP contribution in [0.5, 0.6) is 0 Å². The molecule has 1 aromatic heterocycles. The van der Waals surface area contributed by atoms with Gasteiger partial charge in [-0.2, -0.15) is 5.10 Å². The van der Waals surface area contributed by atoms with Crippen molar-refractivity contribution in [1.29, 1.82) is 0 Å².